The number of hydrogen-bond donors (Lipinski definition) is 1. The monoisotopic (exact) mass is 304 g/mol. The maximum absolute atomic E-state index is 12.3. The first-order valence-electron chi connectivity index (χ1n) is 7.31. The summed E-state index contributed by atoms with van der Waals surface area (Å²) in [6, 6.07) is 13.3. The Morgan fingerprint density at radius 1 is 1.00 bits per heavy atom. The molecule has 3 rings (SSSR count). The van der Waals surface area contributed by atoms with E-state index in [1.165, 1.54) is 6.33 Å². The van der Waals surface area contributed by atoms with Gasteiger partial charge in [-0.25, -0.2) is 9.97 Å². The molecule has 114 valence electrons. The summed E-state index contributed by atoms with van der Waals surface area (Å²) in [6.45, 7) is 1.95. The van der Waals surface area contributed by atoms with Gasteiger partial charge in [0.15, 0.2) is 0 Å². The van der Waals surface area contributed by atoms with Crippen LogP contribution in [0.25, 0.3) is 11.3 Å². The van der Waals surface area contributed by atoms with Gasteiger partial charge in [-0.3, -0.25) is 9.78 Å². The normalized spacial score (nSPS) is 11.7. The van der Waals surface area contributed by atoms with Gasteiger partial charge in [-0.15, -0.1) is 0 Å². The van der Waals surface area contributed by atoms with E-state index in [0.29, 0.717) is 5.56 Å². The Morgan fingerprint density at radius 2 is 1.74 bits per heavy atom. The number of carbonyl (C=O) groups is 1. The highest BCUT2D eigenvalue weighted by Crippen LogP contribution is 2.15. The summed E-state index contributed by atoms with van der Waals surface area (Å²) in [7, 11) is 0. The molecule has 0 saturated heterocycles. The highest BCUT2D eigenvalue weighted by molar-refractivity contribution is 5.94. The van der Waals surface area contributed by atoms with E-state index in [-0.39, 0.29) is 11.9 Å². The van der Waals surface area contributed by atoms with Crippen molar-refractivity contribution < 1.29 is 4.79 Å². The second kappa shape index (κ2) is 6.79. The molecule has 0 bridgehead atoms. The highest BCUT2D eigenvalue weighted by Gasteiger charge is 2.11. The van der Waals surface area contributed by atoms with Crippen LogP contribution in [0.5, 0.6) is 0 Å². The van der Waals surface area contributed by atoms with E-state index in [0.717, 1.165) is 16.8 Å². The predicted octanol–water partition coefficient (Wildman–Crippen LogP) is 3.03. The van der Waals surface area contributed by atoms with Gasteiger partial charge < -0.3 is 5.32 Å². The molecule has 1 aromatic carbocycles. The van der Waals surface area contributed by atoms with Crippen molar-refractivity contribution in [3.8, 4) is 11.3 Å². The number of amides is 1. The topological polar surface area (TPSA) is 67.8 Å². The van der Waals surface area contributed by atoms with Crippen molar-refractivity contribution in [1.29, 1.82) is 0 Å². The lowest BCUT2D eigenvalue weighted by molar-refractivity contribution is 0.0939. The Kier molecular flexibility index (Phi) is 4.38. The first-order chi connectivity index (χ1) is 11.2. The smallest absolute Gasteiger partial charge is 0.253 e. The average Bonchev–Trinajstić information content (AvgIpc) is 2.63. The number of nitrogens with one attached hydrogen (secondary N) is 1. The Bertz CT molecular complexity index is 773. The third-order valence-corrected chi connectivity index (χ3v) is 3.53. The Balaban J connectivity index is 1.71. The van der Waals surface area contributed by atoms with E-state index in [9.17, 15) is 4.79 Å². The highest BCUT2D eigenvalue weighted by atomic mass is 16.1. The molecule has 1 N–H and O–H groups in total. The summed E-state index contributed by atoms with van der Waals surface area (Å²) in [5.41, 5.74) is 3.13. The van der Waals surface area contributed by atoms with Gasteiger partial charge in [0.1, 0.15) is 6.33 Å². The van der Waals surface area contributed by atoms with Crippen LogP contribution in [-0.2, 0) is 0 Å². The Hall–Kier alpha value is -3.08. The second-order valence-corrected chi connectivity index (χ2v) is 5.17. The molecule has 0 radical (unpaired) electrons. The zero-order valence-electron chi connectivity index (χ0n) is 12.7. The van der Waals surface area contributed by atoms with Crippen LogP contribution in [-0.4, -0.2) is 20.9 Å². The number of nitrogens with zero attached hydrogens (tertiary/aromatic N) is 3. The molecule has 23 heavy (non-hydrogen) atoms. The summed E-state index contributed by atoms with van der Waals surface area (Å²) >= 11 is 0. The molecule has 0 aliphatic rings. The zero-order valence-corrected chi connectivity index (χ0v) is 12.7. The summed E-state index contributed by atoms with van der Waals surface area (Å²) < 4.78 is 0. The van der Waals surface area contributed by atoms with Crippen LogP contribution < -0.4 is 5.32 Å². The number of rotatable bonds is 4. The molecule has 0 fully saturated rings. The average molecular weight is 304 g/mol. The predicted molar refractivity (Wildman–Crippen MR) is 87.6 cm³/mol. The maximum Gasteiger partial charge on any atom is 0.253 e. The quantitative estimate of drug-likeness (QED) is 0.804. The van der Waals surface area contributed by atoms with E-state index in [2.05, 4.69) is 20.3 Å². The molecule has 0 aliphatic heterocycles. The molecule has 0 aliphatic carbocycles. The second-order valence-electron chi connectivity index (χ2n) is 5.17. The Labute approximate surface area is 134 Å². The lowest BCUT2D eigenvalue weighted by Crippen LogP contribution is -2.26. The first kappa shape index (κ1) is 14.8. The van der Waals surface area contributed by atoms with Crippen LogP contribution in [0.2, 0.25) is 0 Å². The van der Waals surface area contributed by atoms with Gasteiger partial charge in [-0.05, 0) is 24.6 Å². The van der Waals surface area contributed by atoms with Crippen LogP contribution in [0.4, 0.5) is 0 Å². The number of benzene rings is 1. The van der Waals surface area contributed by atoms with Gasteiger partial charge in [-0.2, -0.15) is 0 Å². The van der Waals surface area contributed by atoms with Gasteiger partial charge in [-0.1, -0.05) is 30.3 Å². The molecule has 2 aromatic heterocycles. The summed E-state index contributed by atoms with van der Waals surface area (Å²) in [6.07, 6.45) is 6.41. The number of pyridine rings is 1. The number of carbonyl (C=O) groups excluding carboxylic acids is 1. The van der Waals surface area contributed by atoms with Crippen molar-refractivity contribution in [2.24, 2.45) is 0 Å². The van der Waals surface area contributed by atoms with Crippen molar-refractivity contribution in [2.45, 2.75) is 13.0 Å². The molecular formula is C18H16N4O. The van der Waals surface area contributed by atoms with Crippen LogP contribution in [0, 0.1) is 0 Å². The van der Waals surface area contributed by atoms with Gasteiger partial charge in [0.25, 0.3) is 5.91 Å². The summed E-state index contributed by atoms with van der Waals surface area (Å²) in [4.78, 5) is 24.5. The maximum atomic E-state index is 12.3. The van der Waals surface area contributed by atoms with Crippen LogP contribution in [0.15, 0.2) is 67.4 Å². The Morgan fingerprint density at radius 3 is 2.39 bits per heavy atom. The molecular weight excluding hydrogens is 288 g/mol. The lowest BCUT2D eigenvalue weighted by Gasteiger charge is -2.14. The fourth-order valence-electron chi connectivity index (χ4n) is 2.24. The fraction of sp³-hybridized carbons (Fsp3) is 0.111. The van der Waals surface area contributed by atoms with E-state index in [1.54, 1.807) is 30.7 Å². The van der Waals surface area contributed by atoms with Crippen LogP contribution >= 0.6 is 0 Å². The third-order valence-electron chi connectivity index (χ3n) is 3.53. The van der Waals surface area contributed by atoms with Gasteiger partial charge in [0, 0.05) is 24.2 Å². The van der Waals surface area contributed by atoms with E-state index in [1.807, 2.05) is 37.3 Å². The third kappa shape index (κ3) is 3.58. The minimum absolute atomic E-state index is 0.0640. The molecule has 0 unspecified atom stereocenters. The SMILES string of the molecule is C[C@@H](NC(=O)c1ccc(-c2cncnc2)nc1)c1ccccc1. The van der Waals surface area contributed by atoms with E-state index < -0.39 is 0 Å². The number of hydrogen-bond acceptors (Lipinski definition) is 4. The molecule has 1 atom stereocenters. The standard InChI is InChI=1S/C18H16N4O/c1-13(14-5-3-2-4-6-14)22-18(23)15-7-8-17(21-11-15)16-9-19-12-20-10-16/h2-13H,1H3,(H,22,23)/t13-/m1/s1. The number of aromatic nitrogens is 3. The van der Waals surface area contributed by atoms with Gasteiger partial charge in [0.05, 0.1) is 17.3 Å². The van der Waals surface area contributed by atoms with Gasteiger partial charge in [0.2, 0.25) is 0 Å². The first-order valence-corrected chi connectivity index (χ1v) is 7.31. The van der Waals surface area contributed by atoms with Gasteiger partial charge >= 0.3 is 0 Å². The zero-order chi connectivity index (χ0) is 16.1. The minimum atomic E-state index is -0.148. The summed E-state index contributed by atoms with van der Waals surface area (Å²) in [5, 5.41) is 2.97. The largest absolute Gasteiger partial charge is 0.345 e. The lowest BCUT2D eigenvalue weighted by atomic mass is 10.1. The molecule has 5 heteroatoms. The molecule has 0 spiro atoms. The van der Waals surface area contributed by atoms with E-state index >= 15 is 0 Å². The molecule has 1 amide bonds. The van der Waals surface area contributed by atoms with Crippen molar-refractivity contribution in [2.75, 3.05) is 0 Å². The minimum Gasteiger partial charge on any atom is -0.345 e. The fourth-order valence-corrected chi connectivity index (χ4v) is 2.24. The van der Waals surface area contributed by atoms with Crippen molar-refractivity contribution in [1.82, 2.24) is 20.3 Å². The molecule has 0 saturated carbocycles. The van der Waals surface area contributed by atoms with Crippen LogP contribution in [0.3, 0.4) is 0 Å². The van der Waals surface area contributed by atoms with Crippen molar-refractivity contribution in [3.63, 3.8) is 0 Å². The molecule has 2 heterocycles. The van der Waals surface area contributed by atoms with Crippen molar-refractivity contribution in [3.05, 3.63) is 78.5 Å². The van der Waals surface area contributed by atoms with E-state index in [4.69, 9.17) is 0 Å². The summed E-state index contributed by atoms with van der Waals surface area (Å²) in [5.74, 6) is -0.148. The van der Waals surface area contributed by atoms with Crippen LogP contribution in [0.1, 0.15) is 28.9 Å². The molecule has 5 nitrogen and oxygen atoms in total. The van der Waals surface area contributed by atoms with Crippen molar-refractivity contribution >= 4 is 5.91 Å². The molecule has 3 aromatic rings.